The molecule has 1 aromatic rings. The fourth-order valence-electron chi connectivity index (χ4n) is 2.97. The number of carboxylic acids is 1. The Morgan fingerprint density at radius 2 is 1.87 bits per heavy atom. The normalized spacial score (nSPS) is 27.8. The van der Waals surface area contributed by atoms with Crippen LogP contribution in [0.4, 0.5) is 0 Å². The highest BCUT2D eigenvalue weighted by Gasteiger charge is 2.53. The van der Waals surface area contributed by atoms with E-state index >= 15 is 0 Å². The Hall–Kier alpha value is -1.53. The van der Waals surface area contributed by atoms with E-state index in [1.807, 2.05) is 45.9 Å². The molecule has 124 valence electrons. The van der Waals surface area contributed by atoms with Crippen LogP contribution in [-0.2, 0) is 14.1 Å². The van der Waals surface area contributed by atoms with Crippen molar-refractivity contribution < 1.29 is 23.9 Å². The number of benzene rings is 1. The summed E-state index contributed by atoms with van der Waals surface area (Å²) in [4.78, 5) is 11.1. The van der Waals surface area contributed by atoms with Crippen molar-refractivity contribution in [1.82, 2.24) is 0 Å². The van der Waals surface area contributed by atoms with Crippen molar-refractivity contribution in [3.8, 4) is 5.75 Å². The van der Waals surface area contributed by atoms with E-state index in [1.54, 1.807) is 7.11 Å². The molecule has 6 heteroatoms. The second kappa shape index (κ2) is 5.25. The first-order valence-corrected chi connectivity index (χ1v) is 7.92. The van der Waals surface area contributed by atoms with Gasteiger partial charge in [-0.05, 0) is 51.7 Å². The van der Waals surface area contributed by atoms with Crippen LogP contribution in [0.2, 0.25) is 0 Å². The van der Waals surface area contributed by atoms with Gasteiger partial charge in [0.05, 0.1) is 24.2 Å². The first kappa shape index (κ1) is 16.3. The molecule has 3 rings (SSSR count). The summed E-state index contributed by atoms with van der Waals surface area (Å²) in [6.07, 6.45) is 0.685. The number of hydrogen-bond acceptors (Lipinski definition) is 4. The molecule has 1 saturated carbocycles. The van der Waals surface area contributed by atoms with Crippen molar-refractivity contribution in [1.29, 1.82) is 0 Å². The van der Waals surface area contributed by atoms with Crippen LogP contribution in [0.3, 0.4) is 0 Å². The monoisotopic (exact) mass is 318 g/mol. The molecule has 1 aliphatic carbocycles. The Bertz CT molecular complexity index is 624. The molecule has 5 nitrogen and oxygen atoms in total. The van der Waals surface area contributed by atoms with E-state index in [4.69, 9.17) is 19.2 Å². The quantitative estimate of drug-likeness (QED) is 0.862. The molecule has 0 aromatic heterocycles. The Morgan fingerprint density at radius 1 is 1.26 bits per heavy atom. The minimum atomic E-state index is -0.733. The predicted octanol–water partition coefficient (Wildman–Crippen LogP) is 2.18. The maximum absolute atomic E-state index is 11.1. The molecule has 1 aromatic carbocycles. The van der Waals surface area contributed by atoms with E-state index in [9.17, 15) is 4.79 Å². The van der Waals surface area contributed by atoms with Gasteiger partial charge in [0.15, 0.2) is 0 Å². The number of rotatable bonds is 4. The fourth-order valence-corrected chi connectivity index (χ4v) is 2.97. The second-order valence-electron chi connectivity index (χ2n) is 7.38. The van der Waals surface area contributed by atoms with Gasteiger partial charge in [-0.25, -0.2) is 0 Å². The third kappa shape index (κ3) is 2.74. The summed E-state index contributed by atoms with van der Waals surface area (Å²) in [5, 5.41) is 9.13. The maximum Gasteiger partial charge on any atom is 0.498 e. The van der Waals surface area contributed by atoms with E-state index in [1.165, 1.54) is 0 Å². The lowest BCUT2D eigenvalue weighted by molar-refractivity contribution is -0.138. The van der Waals surface area contributed by atoms with Gasteiger partial charge in [0.25, 0.3) is 0 Å². The first-order chi connectivity index (χ1) is 10.7. The number of carbonyl (C=O) groups is 1. The van der Waals surface area contributed by atoms with Gasteiger partial charge in [0.1, 0.15) is 5.75 Å². The van der Waals surface area contributed by atoms with Crippen molar-refractivity contribution in [2.24, 2.45) is 5.92 Å². The molecule has 0 spiro atoms. The van der Waals surface area contributed by atoms with E-state index in [-0.39, 0.29) is 11.8 Å². The van der Waals surface area contributed by atoms with Crippen molar-refractivity contribution in [3.63, 3.8) is 0 Å². The minimum Gasteiger partial charge on any atom is -0.497 e. The van der Waals surface area contributed by atoms with Crippen LogP contribution in [0.1, 0.15) is 45.6 Å². The molecular formula is C17H23BO5. The fraction of sp³-hybridized carbons (Fsp3) is 0.588. The second-order valence-corrected chi connectivity index (χ2v) is 7.38. The number of methoxy groups -OCH3 is 1. The molecular weight excluding hydrogens is 295 g/mol. The zero-order valence-corrected chi connectivity index (χ0v) is 14.3. The third-order valence-corrected chi connectivity index (χ3v) is 5.30. The third-order valence-electron chi connectivity index (χ3n) is 5.30. The SMILES string of the molecule is COc1ccc([C@@H]2CC2C(=O)O)cc1B1OC(C)(C)C(C)(C)O1. The summed E-state index contributed by atoms with van der Waals surface area (Å²) < 4.78 is 17.7. The van der Waals surface area contributed by atoms with Crippen molar-refractivity contribution in [2.75, 3.05) is 7.11 Å². The molecule has 1 saturated heterocycles. The number of hydrogen-bond donors (Lipinski definition) is 1. The zero-order chi connectivity index (χ0) is 17.0. The summed E-state index contributed by atoms with van der Waals surface area (Å²) in [5.41, 5.74) is 0.964. The molecule has 2 aliphatic rings. The Morgan fingerprint density at radius 3 is 2.35 bits per heavy atom. The lowest BCUT2D eigenvalue weighted by Crippen LogP contribution is -2.41. The standard InChI is InChI=1S/C17H23BO5/c1-16(2)17(3,4)23-18(22-16)13-8-10(6-7-14(13)21-5)11-9-12(11)15(19)20/h6-8,11-12H,9H2,1-5H3,(H,19,20)/t11-,12?/m0/s1. The van der Waals surface area contributed by atoms with E-state index in [0.717, 1.165) is 11.0 Å². The molecule has 0 amide bonds. The summed E-state index contributed by atoms with van der Waals surface area (Å²) >= 11 is 0. The highest BCUT2D eigenvalue weighted by molar-refractivity contribution is 6.63. The van der Waals surface area contributed by atoms with E-state index < -0.39 is 24.3 Å². The molecule has 1 unspecified atom stereocenters. The molecule has 23 heavy (non-hydrogen) atoms. The molecule has 0 radical (unpaired) electrons. The van der Waals surface area contributed by atoms with Gasteiger partial charge in [-0.3, -0.25) is 4.79 Å². The van der Waals surface area contributed by atoms with Gasteiger partial charge in [0.2, 0.25) is 0 Å². The van der Waals surface area contributed by atoms with Crippen LogP contribution < -0.4 is 10.2 Å². The Labute approximate surface area is 137 Å². The van der Waals surface area contributed by atoms with Crippen LogP contribution in [0, 0.1) is 5.92 Å². The predicted molar refractivity (Wildman–Crippen MR) is 87.2 cm³/mol. The highest BCUT2D eigenvalue weighted by atomic mass is 16.7. The molecule has 1 heterocycles. The average Bonchev–Trinajstić information content (AvgIpc) is 3.22. The minimum absolute atomic E-state index is 0.0691. The molecule has 2 fully saturated rings. The summed E-state index contributed by atoms with van der Waals surface area (Å²) in [7, 11) is 1.10. The molecule has 0 bridgehead atoms. The summed E-state index contributed by atoms with van der Waals surface area (Å²) in [6.45, 7) is 8.02. The summed E-state index contributed by atoms with van der Waals surface area (Å²) in [5.74, 6) is -0.253. The molecule has 2 atom stereocenters. The summed E-state index contributed by atoms with van der Waals surface area (Å²) in [6, 6.07) is 5.77. The van der Waals surface area contributed by atoms with Crippen LogP contribution in [0.25, 0.3) is 0 Å². The van der Waals surface area contributed by atoms with Crippen molar-refractivity contribution in [3.05, 3.63) is 23.8 Å². The largest absolute Gasteiger partial charge is 0.498 e. The Balaban J connectivity index is 1.91. The number of ether oxygens (including phenoxy) is 1. The Kier molecular flexibility index (Phi) is 3.73. The van der Waals surface area contributed by atoms with Crippen LogP contribution in [0.15, 0.2) is 18.2 Å². The van der Waals surface area contributed by atoms with Crippen LogP contribution in [0.5, 0.6) is 5.75 Å². The smallest absolute Gasteiger partial charge is 0.497 e. The molecule has 1 N–H and O–H groups in total. The van der Waals surface area contributed by atoms with Crippen molar-refractivity contribution >= 4 is 18.6 Å². The van der Waals surface area contributed by atoms with Crippen LogP contribution in [-0.4, -0.2) is 36.5 Å². The van der Waals surface area contributed by atoms with Crippen molar-refractivity contribution in [2.45, 2.75) is 51.2 Å². The highest BCUT2D eigenvalue weighted by Crippen LogP contribution is 2.47. The topological polar surface area (TPSA) is 65.0 Å². The lowest BCUT2D eigenvalue weighted by Gasteiger charge is -2.32. The maximum atomic E-state index is 11.1. The average molecular weight is 318 g/mol. The van der Waals surface area contributed by atoms with Gasteiger partial charge in [-0.2, -0.15) is 0 Å². The van der Waals surface area contributed by atoms with Gasteiger partial charge in [-0.15, -0.1) is 0 Å². The van der Waals surface area contributed by atoms with Gasteiger partial charge < -0.3 is 19.2 Å². The van der Waals surface area contributed by atoms with Crippen LogP contribution >= 0.6 is 0 Å². The first-order valence-electron chi connectivity index (χ1n) is 7.92. The van der Waals surface area contributed by atoms with Gasteiger partial charge >= 0.3 is 13.1 Å². The number of carboxylic acid groups (broad SMARTS) is 1. The lowest BCUT2D eigenvalue weighted by atomic mass is 9.77. The van der Waals surface area contributed by atoms with Gasteiger partial charge in [-0.1, -0.05) is 12.1 Å². The zero-order valence-electron chi connectivity index (χ0n) is 14.3. The van der Waals surface area contributed by atoms with Gasteiger partial charge in [0, 0.05) is 5.46 Å². The van der Waals surface area contributed by atoms with E-state index in [2.05, 4.69) is 0 Å². The van der Waals surface area contributed by atoms with E-state index in [0.29, 0.717) is 12.2 Å². The molecule has 1 aliphatic heterocycles. The number of aliphatic carboxylic acids is 1.